The summed E-state index contributed by atoms with van der Waals surface area (Å²) in [4.78, 5) is 31.4. The van der Waals surface area contributed by atoms with E-state index in [4.69, 9.17) is 0 Å². The summed E-state index contributed by atoms with van der Waals surface area (Å²) in [5.41, 5.74) is -0.501. The van der Waals surface area contributed by atoms with Gasteiger partial charge in [-0.15, -0.1) is 0 Å². The molecule has 0 aliphatic carbocycles. The third kappa shape index (κ3) is 2.20. The van der Waals surface area contributed by atoms with E-state index in [1.807, 2.05) is 0 Å². The van der Waals surface area contributed by atoms with Gasteiger partial charge in [0.1, 0.15) is 11.9 Å². The first-order valence-electron chi connectivity index (χ1n) is 6.10. The van der Waals surface area contributed by atoms with E-state index in [1.54, 1.807) is 13.8 Å². The second-order valence-corrected chi connectivity index (χ2v) is 4.67. The van der Waals surface area contributed by atoms with Crippen molar-refractivity contribution in [3.05, 3.63) is 23.8 Å². The van der Waals surface area contributed by atoms with Gasteiger partial charge in [0.05, 0.1) is 11.3 Å². The molecule has 20 heavy (non-hydrogen) atoms. The minimum Gasteiger partial charge on any atom is -0.480 e. The lowest BCUT2D eigenvalue weighted by atomic mass is 9.98. The van der Waals surface area contributed by atoms with Crippen LogP contribution in [-0.2, 0) is 4.79 Å². The van der Waals surface area contributed by atoms with Gasteiger partial charge in [0.15, 0.2) is 0 Å². The largest absolute Gasteiger partial charge is 0.480 e. The molecule has 2 aromatic heterocycles. The zero-order valence-electron chi connectivity index (χ0n) is 11.4. The number of amides is 1. The highest BCUT2D eigenvalue weighted by molar-refractivity contribution is 5.98. The van der Waals surface area contributed by atoms with Gasteiger partial charge in [-0.05, 0) is 20.3 Å². The summed E-state index contributed by atoms with van der Waals surface area (Å²) in [6.45, 7) is 4.85. The molecular formula is C12H15N5O3. The summed E-state index contributed by atoms with van der Waals surface area (Å²) in [5, 5.41) is 15.7. The van der Waals surface area contributed by atoms with Gasteiger partial charge in [0, 0.05) is 6.20 Å². The highest BCUT2D eigenvalue weighted by Crippen LogP contribution is 2.13. The average Bonchev–Trinajstić information content (AvgIpc) is 2.87. The van der Waals surface area contributed by atoms with Crippen molar-refractivity contribution in [1.82, 2.24) is 24.9 Å². The maximum atomic E-state index is 12.2. The molecule has 0 aromatic carbocycles. The number of carbonyl (C=O) groups excluding carboxylic acids is 1. The summed E-state index contributed by atoms with van der Waals surface area (Å²) in [7, 11) is 0. The number of hydrogen-bond donors (Lipinski definition) is 2. The van der Waals surface area contributed by atoms with Crippen LogP contribution in [0.5, 0.6) is 0 Å². The SMILES string of the molecule is CCC(C)(NC(=O)c1cnc2ncnn2c1C)C(=O)O. The van der Waals surface area contributed by atoms with Crippen molar-refractivity contribution in [3.8, 4) is 0 Å². The number of carboxylic acids is 1. The normalized spacial score (nSPS) is 13.9. The highest BCUT2D eigenvalue weighted by Gasteiger charge is 2.33. The zero-order valence-corrected chi connectivity index (χ0v) is 11.4. The number of fused-ring (bicyclic) bond motifs is 1. The number of carboxylic acid groups (broad SMARTS) is 1. The fraction of sp³-hybridized carbons (Fsp3) is 0.417. The molecule has 1 amide bonds. The third-order valence-corrected chi connectivity index (χ3v) is 3.36. The molecule has 1 unspecified atom stereocenters. The molecule has 0 saturated heterocycles. The minimum absolute atomic E-state index is 0.268. The molecule has 8 heteroatoms. The molecule has 0 spiro atoms. The van der Waals surface area contributed by atoms with Gasteiger partial charge >= 0.3 is 5.97 Å². The number of aromatic nitrogens is 4. The van der Waals surface area contributed by atoms with Crippen molar-refractivity contribution < 1.29 is 14.7 Å². The van der Waals surface area contributed by atoms with Crippen LogP contribution >= 0.6 is 0 Å². The van der Waals surface area contributed by atoms with E-state index in [-0.39, 0.29) is 12.0 Å². The van der Waals surface area contributed by atoms with Crippen LogP contribution in [0.15, 0.2) is 12.5 Å². The summed E-state index contributed by atoms with van der Waals surface area (Å²) < 4.78 is 1.43. The number of nitrogens with one attached hydrogen (secondary N) is 1. The van der Waals surface area contributed by atoms with Crippen molar-refractivity contribution >= 4 is 17.7 Å². The molecular weight excluding hydrogens is 262 g/mol. The van der Waals surface area contributed by atoms with Crippen molar-refractivity contribution in [3.63, 3.8) is 0 Å². The lowest BCUT2D eigenvalue weighted by Crippen LogP contribution is -2.51. The van der Waals surface area contributed by atoms with Gasteiger partial charge in [-0.3, -0.25) is 4.79 Å². The Kier molecular flexibility index (Phi) is 3.39. The van der Waals surface area contributed by atoms with Gasteiger partial charge < -0.3 is 10.4 Å². The second kappa shape index (κ2) is 4.87. The predicted octanol–water partition coefficient (Wildman–Crippen LogP) is 0.416. The van der Waals surface area contributed by atoms with Crippen LogP contribution in [0.25, 0.3) is 5.78 Å². The number of hydrogen-bond acceptors (Lipinski definition) is 5. The number of aliphatic carboxylic acids is 1. The molecule has 1 atom stereocenters. The molecule has 0 aliphatic rings. The molecule has 2 heterocycles. The fourth-order valence-corrected chi connectivity index (χ4v) is 1.72. The number of nitrogens with zero attached hydrogens (tertiary/aromatic N) is 4. The fourth-order valence-electron chi connectivity index (χ4n) is 1.72. The zero-order chi connectivity index (χ0) is 14.9. The van der Waals surface area contributed by atoms with Crippen LogP contribution in [-0.4, -0.2) is 42.1 Å². The van der Waals surface area contributed by atoms with Crippen LogP contribution in [0, 0.1) is 6.92 Å². The van der Waals surface area contributed by atoms with E-state index in [1.165, 1.54) is 24.0 Å². The Balaban J connectivity index is 2.36. The lowest BCUT2D eigenvalue weighted by molar-refractivity contribution is -0.143. The smallest absolute Gasteiger partial charge is 0.329 e. The number of aryl methyl sites for hydroxylation is 1. The summed E-state index contributed by atoms with van der Waals surface area (Å²) >= 11 is 0. The molecule has 106 valence electrons. The van der Waals surface area contributed by atoms with Crippen LogP contribution < -0.4 is 5.32 Å². The van der Waals surface area contributed by atoms with E-state index in [0.717, 1.165) is 0 Å². The maximum absolute atomic E-state index is 12.2. The van der Waals surface area contributed by atoms with Gasteiger partial charge in [-0.1, -0.05) is 6.92 Å². The highest BCUT2D eigenvalue weighted by atomic mass is 16.4. The van der Waals surface area contributed by atoms with E-state index in [9.17, 15) is 14.7 Å². The molecule has 0 bridgehead atoms. The Morgan fingerprint density at radius 2 is 2.15 bits per heavy atom. The van der Waals surface area contributed by atoms with Crippen molar-refractivity contribution in [2.24, 2.45) is 0 Å². The predicted molar refractivity (Wildman–Crippen MR) is 69.3 cm³/mol. The van der Waals surface area contributed by atoms with Crippen molar-refractivity contribution in [1.29, 1.82) is 0 Å². The maximum Gasteiger partial charge on any atom is 0.329 e. The van der Waals surface area contributed by atoms with Crippen molar-refractivity contribution in [2.45, 2.75) is 32.7 Å². The summed E-state index contributed by atoms with van der Waals surface area (Å²) in [6, 6.07) is 0. The second-order valence-electron chi connectivity index (χ2n) is 4.67. The standard InChI is InChI=1S/C12H15N5O3/c1-4-12(3,10(19)20)16-9(18)8-5-13-11-14-6-15-17(11)7(8)2/h5-6H,4H2,1-3H3,(H,16,18)(H,19,20). The van der Waals surface area contributed by atoms with E-state index in [2.05, 4.69) is 20.4 Å². The summed E-state index contributed by atoms with van der Waals surface area (Å²) in [6.07, 6.45) is 2.98. The van der Waals surface area contributed by atoms with Gasteiger partial charge in [-0.25, -0.2) is 14.3 Å². The van der Waals surface area contributed by atoms with Crippen molar-refractivity contribution in [2.75, 3.05) is 0 Å². The first-order chi connectivity index (χ1) is 9.39. The average molecular weight is 277 g/mol. The first-order valence-corrected chi connectivity index (χ1v) is 6.10. The molecule has 0 aliphatic heterocycles. The monoisotopic (exact) mass is 277 g/mol. The van der Waals surface area contributed by atoms with E-state index >= 15 is 0 Å². The van der Waals surface area contributed by atoms with E-state index < -0.39 is 17.4 Å². The molecule has 0 saturated carbocycles. The lowest BCUT2D eigenvalue weighted by Gasteiger charge is -2.24. The topological polar surface area (TPSA) is 109 Å². The molecule has 0 radical (unpaired) electrons. The molecule has 0 fully saturated rings. The summed E-state index contributed by atoms with van der Waals surface area (Å²) in [5.74, 6) is -1.20. The minimum atomic E-state index is -1.32. The molecule has 2 aromatic rings. The number of rotatable bonds is 4. The van der Waals surface area contributed by atoms with Crippen LogP contribution in [0.4, 0.5) is 0 Å². The Hall–Kier alpha value is -2.51. The first kappa shape index (κ1) is 13.9. The van der Waals surface area contributed by atoms with Gasteiger partial charge in [-0.2, -0.15) is 10.1 Å². The molecule has 2 N–H and O–H groups in total. The molecule has 8 nitrogen and oxygen atoms in total. The Bertz CT molecular complexity index is 681. The van der Waals surface area contributed by atoms with Gasteiger partial charge in [0.2, 0.25) is 0 Å². The van der Waals surface area contributed by atoms with Crippen LogP contribution in [0.3, 0.4) is 0 Å². The van der Waals surface area contributed by atoms with E-state index in [0.29, 0.717) is 11.5 Å². The van der Waals surface area contributed by atoms with Crippen LogP contribution in [0.1, 0.15) is 36.3 Å². The quantitative estimate of drug-likeness (QED) is 0.838. The Morgan fingerprint density at radius 3 is 2.75 bits per heavy atom. The third-order valence-electron chi connectivity index (χ3n) is 3.36. The molecule has 2 rings (SSSR count). The Labute approximate surface area is 114 Å². The Morgan fingerprint density at radius 1 is 1.45 bits per heavy atom. The van der Waals surface area contributed by atoms with Gasteiger partial charge in [0.25, 0.3) is 11.7 Å². The number of carbonyl (C=O) groups is 2. The van der Waals surface area contributed by atoms with Crippen LogP contribution in [0.2, 0.25) is 0 Å².